The third-order valence-electron chi connectivity index (χ3n) is 2.46. The highest BCUT2D eigenvalue weighted by atomic mass is 32.2. The molecule has 0 aliphatic heterocycles. The Labute approximate surface area is 121 Å². The van der Waals surface area contributed by atoms with E-state index in [2.05, 4.69) is 27.2 Å². The second-order valence-corrected chi connectivity index (χ2v) is 4.61. The van der Waals surface area contributed by atoms with Gasteiger partial charge in [-0.2, -0.15) is 0 Å². The summed E-state index contributed by atoms with van der Waals surface area (Å²) in [7, 11) is 0. The highest BCUT2D eigenvalue weighted by Gasteiger charge is 2.06. The maximum atomic E-state index is 11.4. The minimum atomic E-state index is -0.266. The van der Waals surface area contributed by atoms with Crippen molar-refractivity contribution in [1.82, 2.24) is 9.97 Å². The van der Waals surface area contributed by atoms with Gasteiger partial charge in [0.05, 0.1) is 11.4 Å². The smallest absolute Gasteiger partial charge is 0.247 e. The first-order chi connectivity index (χ1) is 9.72. The van der Waals surface area contributed by atoms with Crippen LogP contribution >= 0.6 is 11.8 Å². The van der Waals surface area contributed by atoms with Crippen molar-refractivity contribution in [2.24, 2.45) is 0 Å². The van der Waals surface area contributed by atoms with Crippen LogP contribution in [0.4, 0.5) is 17.3 Å². The third-order valence-corrected chi connectivity index (χ3v) is 3.10. The fourth-order valence-corrected chi connectivity index (χ4v) is 1.90. The summed E-state index contributed by atoms with van der Waals surface area (Å²) >= 11 is 1.54. The lowest BCUT2D eigenvalue weighted by Crippen LogP contribution is -2.09. The standard InChI is InChI=1S/C14H14N4OS/c1-3-12(19)16-10-6-4-5-7-11(10)17-14-15-9-8-13(18-14)20-2/h3-9H,1H2,2H3,(H,16,19)(H,15,17,18). The number of aromatic nitrogens is 2. The van der Waals surface area contributed by atoms with Gasteiger partial charge >= 0.3 is 0 Å². The Morgan fingerprint density at radius 1 is 1.30 bits per heavy atom. The van der Waals surface area contributed by atoms with Crippen LogP contribution in [0, 0.1) is 0 Å². The lowest BCUT2D eigenvalue weighted by Gasteiger charge is -2.11. The van der Waals surface area contributed by atoms with E-state index in [0.717, 1.165) is 10.7 Å². The Kier molecular flexibility index (Phi) is 4.73. The van der Waals surface area contributed by atoms with Gasteiger partial charge in [-0.05, 0) is 30.5 Å². The Morgan fingerprint density at radius 2 is 2.05 bits per heavy atom. The Hall–Kier alpha value is -2.34. The third kappa shape index (κ3) is 3.58. The molecule has 0 atom stereocenters. The Balaban J connectivity index is 2.24. The molecule has 0 saturated carbocycles. The van der Waals surface area contributed by atoms with Crippen LogP contribution in [-0.4, -0.2) is 22.1 Å². The van der Waals surface area contributed by atoms with E-state index in [9.17, 15) is 4.79 Å². The first-order valence-corrected chi connectivity index (χ1v) is 7.12. The summed E-state index contributed by atoms with van der Waals surface area (Å²) in [5.74, 6) is 0.218. The number of hydrogen-bond donors (Lipinski definition) is 2. The van der Waals surface area contributed by atoms with Crippen LogP contribution < -0.4 is 10.6 Å². The van der Waals surface area contributed by atoms with Crippen molar-refractivity contribution in [2.75, 3.05) is 16.9 Å². The van der Waals surface area contributed by atoms with Crippen molar-refractivity contribution in [1.29, 1.82) is 0 Å². The van der Waals surface area contributed by atoms with Crippen LogP contribution in [-0.2, 0) is 4.79 Å². The van der Waals surface area contributed by atoms with E-state index >= 15 is 0 Å². The van der Waals surface area contributed by atoms with Crippen LogP contribution in [0.5, 0.6) is 0 Å². The number of rotatable bonds is 5. The second-order valence-electron chi connectivity index (χ2n) is 3.79. The van der Waals surface area contributed by atoms with E-state index in [4.69, 9.17) is 0 Å². The molecule has 6 heteroatoms. The summed E-state index contributed by atoms with van der Waals surface area (Å²) < 4.78 is 0. The lowest BCUT2D eigenvalue weighted by molar-refractivity contribution is -0.111. The molecule has 0 spiro atoms. The quantitative estimate of drug-likeness (QED) is 0.502. The minimum absolute atomic E-state index is 0.266. The number of carbonyl (C=O) groups excluding carboxylic acids is 1. The van der Waals surface area contributed by atoms with E-state index in [0.29, 0.717) is 11.6 Å². The van der Waals surface area contributed by atoms with Gasteiger partial charge in [0.25, 0.3) is 0 Å². The Morgan fingerprint density at radius 3 is 2.75 bits per heavy atom. The molecule has 0 aliphatic rings. The summed E-state index contributed by atoms with van der Waals surface area (Å²) in [4.78, 5) is 19.9. The molecule has 0 unspecified atom stereocenters. The van der Waals surface area contributed by atoms with Gasteiger partial charge in [-0.15, -0.1) is 11.8 Å². The summed E-state index contributed by atoms with van der Waals surface area (Å²) in [6, 6.07) is 9.17. The molecule has 0 radical (unpaired) electrons. The SMILES string of the molecule is C=CC(=O)Nc1ccccc1Nc1nccc(SC)n1. The van der Waals surface area contributed by atoms with E-state index in [1.54, 1.807) is 12.3 Å². The molecular formula is C14H14N4OS. The monoisotopic (exact) mass is 286 g/mol. The summed E-state index contributed by atoms with van der Waals surface area (Å²) in [5.41, 5.74) is 1.37. The van der Waals surface area contributed by atoms with Crippen molar-refractivity contribution < 1.29 is 4.79 Å². The number of para-hydroxylation sites is 2. The van der Waals surface area contributed by atoms with Crippen molar-refractivity contribution in [3.63, 3.8) is 0 Å². The summed E-state index contributed by atoms with van der Waals surface area (Å²) in [6.45, 7) is 3.43. The van der Waals surface area contributed by atoms with E-state index in [1.165, 1.54) is 17.8 Å². The van der Waals surface area contributed by atoms with Crippen LogP contribution in [0.25, 0.3) is 0 Å². The Bertz CT molecular complexity index is 630. The van der Waals surface area contributed by atoms with E-state index in [-0.39, 0.29) is 5.91 Å². The van der Waals surface area contributed by atoms with Gasteiger partial charge in [-0.3, -0.25) is 4.79 Å². The molecule has 1 heterocycles. The van der Waals surface area contributed by atoms with E-state index < -0.39 is 0 Å². The number of amides is 1. The predicted molar refractivity (Wildman–Crippen MR) is 82.4 cm³/mol. The van der Waals surface area contributed by atoms with Gasteiger partial charge in [0.2, 0.25) is 11.9 Å². The van der Waals surface area contributed by atoms with Crippen LogP contribution in [0.3, 0.4) is 0 Å². The van der Waals surface area contributed by atoms with Crippen LogP contribution in [0.2, 0.25) is 0 Å². The zero-order chi connectivity index (χ0) is 14.4. The van der Waals surface area contributed by atoms with Crippen molar-refractivity contribution >= 4 is 35.0 Å². The van der Waals surface area contributed by atoms with Gasteiger partial charge in [-0.25, -0.2) is 9.97 Å². The molecule has 102 valence electrons. The maximum absolute atomic E-state index is 11.4. The first kappa shape index (κ1) is 14.1. The summed E-state index contributed by atoms with van der Waals surface area (Å²) in [5, 5.41) is 6.69. The van der Waals surface area contributed by atoms with Gasteiger partial charge in [-0.1, -0.05) is 18.7 Å². The zero-order valence-corrected chi connectivity index (χ0v) is 11.8. The molecule has 2 aromatic rings. The molecule has 0 saturated heterocycles. The number of benzene rings is 1. The lowest BCUT2D eigenvalue weighted by atomic mass is 10.2. The summed E-state index contributed by atoms with van der Waals surface area (Å²) in [6.07, 6.45) is 4.86. The number of nitrogens with zero attached hydrogens (tertiary/aromatic N) is 2. The predicted octanol–water partition coefficient (Wildman–Crippen LogP) is 3.07. The van der Waals surface area contributed by atoms with Crippen molar-refractivity contribution in [2.45, 2.75) is 5.03 Å². The van der Waals surface area contributed by atoms with Gasteiger partial charge < -0.3 is 10.6 Å². The second kappa shape index (κ2) is 6.72. The van der Waals surface area contributed by atoms with Crippen LogP contribution in [0.15, 0.2) is 54.2 Å². The van der Waals surface area contributed by atoms with Crippen molar-refractivity contribution in [3.05, 3.63) is 49.2 Å². The number of thioether (sulfide) groups is 1. The molecule has 0 aliphatic carbocycles. The molecular weight excluding hydrogens is 272 g/mol. The molecule has 1 aromatic heterocycles. The molecule has 5 nitrogen and oxygen atoms in total. The molecule has 1 aromatic carbocycles. The number of anilines is 3. The number of carbonyl (C=O) groups is 1. The molecule has 0 fully saturated rings. The van der Waals surface area contributed by atoms with Gasteiger partial charge in [0.15, 0.2) is 0 Å². The zero-order valence-electron chi connectivity index (χ0n) is 11.0. The maximum Gasteiger partial charge on any atom is 0.247 e. The average Bonchev–Trinajstić information content (AvgIpc) is 2.49. The molecule has 0 bridgehead atoms. The fraction of sp³-hybridized carbons (Fsp3) is 0.0714. The van der Waals surface area contributed by atoms with Gasteiger partial charge in [0, 0.05) is 6.20 Å². The molecule has 20 heavy (non-hydrogen) atoms. The van der Waals surface area contributed by atoms with Crippen molar-refractivity contribution in [3.8, 4) is 0 Å². The largest absolute Gasteiger partial charge is 0.322 e. The normalized spacial score (nSPS) is 9.85. The molecule has 2 rings (SSSR count). The highest BCUT2D eigenvalue weighted by Crippen LogP contribution is 2.24. The minimum Gasteiger partial charge on any atom is -0.322 e. The van der Waals surface area contributed by atoms with Crippen LogP contribution in [0.1, 0.15) is 0 Å². The van der Waals surface area contributed by atoms with E-state index in [1.807, 2.05) is 30.5 Å². The number of nitrogens with one attached hydrogen (secondary N) is 2. The fourth-order valence-electron chi connectivity index (χ4n) is 1.52. The number of hydrogen-bond acceptors (Lipinski definition) is 5. The highest BCUT2D eigenvalue weighted by molar-refractivity contribution is 7.98. The first-order valence-electron chi connectivity index (χ1n) is 5.89. The molecule has 2 N–H and O–H groups in total. The molecule has 1 amide bonds. The topological polar surface area (TPSA) is 66.9 Å². The van der Waals surface area contributed by atoms with Gasteiger partial charge in [0.1, 0.15) is 5.03 Å². The average molecular weight is 286 g/mol.